The molecule has 0 saturated carbocycles. The van der Waals surface area contributed by atoms with Gasteiger partial charge in [-0.3, -0.25) is 14.5 Å². The van der Waals surface area contributed by atoms with E-state index >= 15 is 0 Å². The molecule has 1 N–H and O–H groups in total. The number of ether oxygens (including phenoxy) is 1. The number of rotatable bonds is 7. The summed E-state index contributed by atoms with van der Waals surface area (Å²) in [5, 5.41) is 11.8. The van der Waals surface area contributed by atoms with Crippen molar-refractivity contribution in [2.45, 2.75) is 26.8 Å². The molecule has 1 aliphatic rings. The van der Waals surface area contributed by atoms with E-state index in [-0.39, 0.29) is 11.3 Å². The molecule has 6 nitrogen and oxygen atoms in total. The van der Waals surface area contributed by atoms with E-state index in [1.54, 1.807) is 18.2 Å². The number of nitrogens with zero attached hydrogens (tertiary/aromatic N) is 1. The SMILES string of the molecule is Cc1cccc(N2C(=O)C(O)=C(C(=O)c3cc4cc(Br)ccc4o3)C2c2ccc(OCC(C)C)cc2)c1. The van der Waals surface area contributed by atoms with Gasteiger partial charge in [-0.25, -0.2) is 0 Å². The third-order valence-electron chi connectivity index (χ3n) is 6.21. The molecule has 188 valence electrons. The summed E-state index contributed by atoms with van der Waals surface area (Å²) in [6.07, 6.45) is 0. The lowest BCUT2D eigenvalue weighted by atomic mass is 9.94. The van der Waals surface area contributed by atoms with Gasteiger partial charge in [0, 0.05) is 15.5 Å². The lowest BCUT2D eigenvalue weighted by molar-refractivity contribution is -0.117. The largest absolute Gasteiger partial charge is 0.503 e. The van der Waals surface area contributed by atoms with Crippen LogP contribution in [0, 0.1) is 12.8 Å². The van der Waals surface area contributed by atoms with E-state index in [0.717, 1.165) is 15.4 Å². The van der Waals surface area contributed by atoms with Gasteiger partial charge in [0.15, 0.2) is 11.5 Å². The smallest absolute Gasteiger partial charge is 0.294 e. The Bertz CT molecular complexity index is 1530. The van der Waals surface area contributed by atoms with Crippen molar-refractivity contribution in [3.63, 3.8) is 0 Å². The Labute approximate surface area is 223 Å². The highest BCUT2D eigenvalue weighted by molar-refractivity contribution is 9.10. The van der Waals surface area contributed by atoms with Gasteiger partial charge in [-0.15, -0.1) is 0 Å². The number of fused-ring (bicyclic) bond motifs is 1. The molecule has 4 aromatic rings. The number of benzene rings is 3. The predicted octanol–water partition coefficient (Wildman–Crippen LogP) is 7.32. The summed E-state index contributed by atoms with van der Waals surface area (Å²) in [4.78, 5) is 28.7. The number of carbonyl (C=O) groups is 2. The van der Waals surface area contributed by atoms with Crippen LogP contribution in [0.4, 0.5) is 5.69 Å². The minimum atomic E-state index is -0.846. The first kappa shape index (κ1) is 24.8. The quantitative estimate of drug-likeness (QED) is 0.240. The third kappa shape index (κ3) is 4.79. The first-order chi connectivity index (χ1) is 17.7. The summed E-state index contributed by atoms with van der Waals surface area (Å²) >= 11 is 3.43. The first-order valence-corrected chi connectivity index (χ1v) is 12.8. The average molecular weight is 560 g/mol. The molecule has 5 rings (SSSR count). The molecule has 0 saturated heterocycles. The zero-order chi connectivity index (χ0) is 26.3. The molecule has 0 fully saturated rings. The highest BCUT2D eigenvalue weighted by atomic mass is 79.9. The minimum Gasteiger partial charge on any atom is -0.503 e. The molecule has 3 aromatic carbocycles. The monoisotopic (exact) mass is 559 g/mol. The number of furan rings is 1. The fraction of sp³-hybridized carbons (Fsp3) is 0.200. The molecule has 1 atom stereocenters. The van der Waals surface area contributed by atoms with Crippen molar-refractivity contribution in [1.29, 1.82) is 0 Å². The van der Waals surface area contributed by atoms with Crippen LogP contribution in [0.15, 0.2) is 93.0 Å². The number of amides is 1. The Morgan fingerprint density at radius 3 is 2.54 bits per heavy atom. The highest BCUT2D eigenvalue weighted by Crippen LogP contribution is 2.43. The molecular weight excluding hydrogens is 534 g/mol. The van der Waals surface area contributed by atoms with E-state index in [1.165, 1.54) is 4.90 Å². The molecule has 2 heterocycles. The van der Waals surface area contributed by atoms with Gasteiger partial charge in [-0.2, -0.15) is 0 Å². The summed E-state index contributed by atoms with van der Waals surface area (Å²) in [7, 11) is 0. The van der Waals surface area contributed by atoms with Crippen LogP contribution in [0.5, 0.6) is 5.75 Å². The van der Waals surface area contributed by atoms with E-state index in [1.807, 2.05) is 61.5 Å². The van der Waals surface area contributed by atoms with Crippen molar-refractivity contribution in [1.82, 2.24) is 0 Å². The normalized spacial score (nSPS) is 15.8. The maximum atomic E-state index is 13.8. The number of aryl methyl sites for hydroxylation is 1. The maximum Gasteiger partial charge on any atom is 0.294 e. The maximum absolute atomic E-state index is 13.8. The number of aliphatic hydroxyl groups excluding tert-OH is 1. The van der Waals surface area contributed by atoms with Crippen LogP contribution >= 0.6 is 15.9 Å². The fourth-order valence-corrected chi connectivity index (χ4v) is 4.84. The van der Waals surface area contributed by atoms with E-state index in [4.69, 9.17) is 9.15 Å². The van der Waals surface area contributed by atoms with Crippen molar-refractivity contribution in [3.05, 3.63) is 105 Å². The van der Waals surface area contributed by atoms with Crippen LogP contribution in [-0.4, -0.2) is 23.4 Å². The molecule has 1 aliphatic heterocycles. The Hall–Kier alpha value is -3.84. The molecule has 0 radical (unpaired) electrons. The van der Waals surface area contributed by atoms with Gasteiger partial charge >= 0.3 is 0 Å². The van der Waals surface area contributed by atoms with E-state index < -0.39 is 23.5 Å². The molecule has 37 heavy (non-hydrogen) atoms. The van der Waals surface area contributed by atoms with E-state index in [0.29, 0.717) is 35.1 Å². The molecular formula is C30H26BrNO5. The number of halogens is 1. The second kappa shape index (κ2) is 9.90. The van der Waals surface area contributed by atoms with E-state index in [2.05, 4.69) is 29.8 Å². The first-order valence-electron chi connectivity index (χ1n) is 12.0. The van der Waals surface area contributed by atoms with Gasteiger partial charge in [0.25, 0.3) is 5.91 Å². The van der Waals surface area contributed by atoms with Crippen molar-refractivity contribution < 1.29 is 23.8 Å². The standard InChI is InChI=1S/C30H26BrNO5/c1-17(2)16-36-23-10-7-19(8-11-23)27-26(28(33)25-15-20-14-21(31)9-12-24(20)37-25)29(34)30(35)32(27)22-6-4-5-18(3)13-22/h4-15,17,27,34H,16H2,1-3H3. The molecule has 1 aromatic heterocycles. The van der Waals surface area contributed by atoms with Crippen molar-refractivity contribution in [3.8, 4) is 5.75 Å². The lowest BCUT2D eigenvalue weighted by Gasteiger charge is -2.27. The van der Waals surface area contributed by atoms with Crippen molar-refractivity contribution in [2.75, 3.05) is 11.5 Å². The number of hydrogen-bond acceptors (Lipinski definition) is 5. The summed E-state index contributed by atoms with van der Waals surface area (Å²) in [6, 6.07) is 20.9. The Kier molecular flexibility index (Phi) is 6.65. The van der Waals surface area contributed by atoms with Gasteiger partial charge in [-0.1, -0.05) is 54.0 Å². The van der Waals surface area contributed by atoms with Gasteiger partial charge in [0.05, 0.1) is 18.2 Å². The molecule has 1 unspecified atom stereocenters. The second-order valence-corrected chi connectivity index (χ2v) is 10.5. The lowest BCUT2D eigenvalue weighted by Crippen LogP contribution is -2.31. The minimum absolute atomic E-state index is 0.0273. The summed E-state index contributed by atoms with van der Waals surface area (Å²) in [5.41, 5.74) is 2.70. The number of carbonyl (C=O) groups excluding carboxylic acids is 2. The third-order valence-corrected chi connectivity index (χ3v) is 6.71. The Morgan fingerprint density at radius 1 is 1.08 bits per heavy atom. The number of anilines is 1. The van der Waals surface area contributed by atoms with Crippen LogP contribution in [0.25, 0.3) is 11.0 Å². The fourth-order valence-electron chi connectivity index (χ4n) is 4.46. The number of ketones is 1. The van der Waals surface area contributed by atoms with E-state index in [9.17, 15) is 14.7 Å². The number of Topliss-reactive ketones (excluding diaryl/α,β-unsaturated/α-hetero) is 1. The highest BCUT2D eigenvalue weighted by Gasteiger charge is 2.45. The number of hydrogen-bond donors (Lipinski definition) is 1. The van der Waals surface area contributed by atoms with Crippen LogP contribution in [0.3, 0.4) is 0 Å². The Morgan fingerprint density at radius 2 is 1.84 bits per heavy atom. The van der Waals surface area contributed by atoms with Crippen LogP contribution in [-0.2, 0) is 4.79 Å². The molecule has 0 bridgehead atoms. The topological polar surface area (TPSA) is 80.0 Å². The van der Waals surface area contributed by atoms with Crippen LogP contribution < -0.4 is 9.64 Å². The molecule has 0 spiro atoms. The van der Waals surface area contributed by atoms with Crippen LogP contribution in [0.2, 0.25) is 0 Å². The summed E-state index contributed by atoms with van der Waals surface area (Å²) in [6.45, 7) is 6.63. The summed E-state index contributed by atoms with van der Waals surface area (Å²) < 4.78 is 12.5. The van der Waals surface area contributed by atoms with Gasteiger partial charge in [0.2, 0.25) is 5.78 Å². The number of aliphatic hydroxyl groups is 1. The van der Waals surface area contributed by atoms with Crippen molar-refractivity contribution in [2.24, 2.45) is 5.92 Å². The second-order valence-electron chi connectivity index (χ2n) is 9.57. The predicted molar refractivity (Wildman–Crippen MR) is 146 cm³/mol. The molecule has 1 amide bonds. The van der Waals surface area contributed by atoms with Crippen molar-refractivity contribution >= 4 is 44.3 Å². The zero-order valence-corrected chi connectivity index (χ0v) is 22.3. The zero-order valence-electron chi connectivity index (χ0n) is 20.7. The van der Waals surface area contributed by atoms with Crippen LogP contribution in [0.1, 0.15) is 41.6 Å². The van der Waals surface area contributed by atoms with Gasteiger partial charge < -0.3 is 14.3 Å². The average Bonchev–Trinajstić information content (AvgIpc) is 3.41. The molecule has 0 aliphatic carbocycles. The summed E-state index contributed by atoms with van der Waals surface area (Å²) in [5.74, 6) is -0.657. The molecule has 7 heteroatoms. The van der Waals surface area contributed by atoms with Gasteiger partial charge in [0.1, 0.15) is 11.3 Å². The van der Waals surface area contributed by atoms with Gasteiger partial charge in [-0.05, 0) is 72.5 Å². The Balaban J connectivity index is 1.59.